The van der Waals surface area contributed by atoms with Gasteiger partial charge in [0, 0.05) is 6.54 Å². The van der Waals surface area contributed by atoms with Crippen LogP contribution in [-0.4, -0.2) is 33.1 Å². The van der Waals surface area contributed by atoms with Crippen LogP contribution in [0.25, 0.3) is 0 Å². The molecule has 1 aromatic heterocycles. The van der Waals surface area contributed by atoms with Gasteiger partial charge in [-0.3, -0.25) is 4.90 Å². The lowest BCUT2D eigenvalue weighted by atomic mass is 10.0. The molecule has 0 spiro atoms. The van der Waals surface area contributed by atoms with Crippen LogP contribution in [0.4, 0.5) is 4.79 Å². The second-order valence-corrected chi connectivity index (χ2v) is 5.95. The first kappa shape index (κ1) is 12.4. The Labute approximate surface area is 109 Å². The lowest BCUT2D eigenvalue weighted by Gasteiger charge is -2.40. The van der Waals surface area contributed by atoms with E-state index < -0.39 is 5.60 Å². The highest BCUT2D eigenvalue weighted by molar-refractivity contribution is 9.10. The zero-order valence-corrected chi connectivity index (χ0v) is 11.7. The molecule has 1 amide bonds. The zero-order valence-electron chi connectivity index (χ0n) is 10.2. The molecule has 5 nitrogen and oxygen atoms in total. The number of carbonyl (C=O) groups is 1. The van der Waals surface area contributed by atoms with Gasteiger partial charge in [-0.2, -0.15) is 0 Å². The van der Waals surface area contributed by atoms with Crippen molar-refractivity contribution in [3.63, 3.8) is 0 Å². The first-order valence-electron chi connectivity index (χ1n) is 5.57. The highest BCUT2D eigenvalue weighted by Crippen LogP contribution is 2.33. The maximum atomic E-state index is 11.9. The van der Waals surface area contributed by atoms with E-state index in [0.29, 0.717) is 0 Å². The quantitative estimate of drug-likeness (QED) is 0.868. The molecule has 2 heterocycles. The van der Waals surface area contributed by atoms with Gasteiger partial charge in [-0.15, -0.1) is 0 Å². The van der Waals surface area contributed by atoms with Gasteiger partial charge < -0.3 is 9.72 Å². The van der Waals surface area contributed by atoms with E-state index >= 15 is 0 Å². The van der Waals surface area contributed by atoms with Crippen molar-refractivity contribution in [3.05, 3.63) is 16.6 Å². The lowest BCUT2D eigenvalue weighted by molar-refractivity contribution is -0.00725. The Morgan fingerprint density at radius 3 is 2.76 bits per heavy atom. The fraction of sp³-hybridized carbons (Fsp3) is 0.636. The number of amides is 1. The minimum atomic E-state index is -0.457. The van der Waals surface area contributed by atoms with Gasteiger partial charge in [0.2, 0.25) is 0 Å². The molecule has 1 aliphatic rings. The summed E-state index contributed by atoms with van der Waals surface area (Å²) < 4.78 is 6.16. The highest BCUT2D eigenvalue weighted by Gasteiger charge is 2.37. The first-order chi connectivity index (χ1) is 7.87. The minimum absolute atomic E-state index is 0.0103. The van der Waals surface area contributed by atoms with Gasteiger partial charge in [-0.25, -0.2) is 9.78 Å². The molecule has 0 bridgehead atoms. The fourth-order valence-electron chi connectivity index (χ4n) is 1.69. The third-order valence-corrected chi connectivity index (χ3v) is 2.93. The number of likely N-dealkylation sites (tertiary alicyclic amines) is 1. The average Bonchev–Trinajstić information content (AvgIpc) is 2.45. The molecule has 1 fully saturated rings. The van der Waals surface area contributed by atoms with Gasteiger partial charge in [0.1, 0.15) is 16.0 Å². The average molecular weight is 302 g/mol. The van der Waals surface area contributed by atoms with Crippen LogP contribution in [0.3, 0.4) is 0 Å². The lowest BCUT2D eigenvalue weighted by Crippen LogP contribution is -2.47. The Balaban J connectivity index is 2.02. The third kappa shape index (κ3) is 2.80. The number of aromatic nitrogens is 2. The van der Waals surface area contributed by atoms with Crippen LogP contribution in [0.2, 0.25) is 0 Å². The maximum absolute atomic E-state index is 11.9. The summed E-state index contributed by atoms with van der Waals surface area (Å²) in [7, 11) is 0. The van der Waals surface area contributed by atoms with Crippen molar-refractivity contribution in [1.82, 2.24) is 14.9 Å². The normalized spacial score (nSPS) is 20.0. The number of nitrogens with one attached hydrogen (secondary N) is 1. The molecule has 0 aliphatic carbocycles. The summed E-state index contributed by atoms with van der Waals surface area (Å²) in [5.74, 6) is 0.800. The summed E-state index contributed by atoms with van der Waals surface area (Å²) in [6.07, 6.45) is 2.33. The standard InChI is InChI=1S/C11H16BrN3O2/c1-11(2,3)17-10(16)15-5-4-7(15)9-13-6-8(12)14-9/h6-7H,4-5H2,1-3H3,(H,13,14). The molecule has 1 atom stereocenters. The van der Waals surface area contributed by atoms with Crippen molar-refractivity contribution in [2.45, 2.75) is 38.8 Å². The molecule has 1 aromatic rings. The van der Waals surface area contributed by atoms with Crippen molar-refractivity contribution in [1.29, 1.82) is 0 Å². The van der Waals surface area contributed by atoms with E-state index in [9.17, 15) is 4.79 Å². The van der Waals surface area contributed by atoms with Crippen molar-refractivity contribution in [2.75, 3.05) is 6.54 Å². The Bertz CT molecular complexity index is 425. The Hall–Kier alpha value is -1.04. The number of carbonyl (C=O) groups excluding carboxylic acids is 1. The molecule has 2 rings (SSSR count). The summed E-state index contributed by atoms with van der Waals surface area (Å²) in [5, 5.41) is 0. The number of nitrogens with zero attached hydrogens (tertiary/aromatic N) is 2. The number of halogens is 1. The zero-order chi connectivity index (χ0) is 12.6. The second kappa shape index (κ2) is 4.33. The predicted molar refractivity (Wildman–Crippen MR) is 66.6 cm³/mol. The number of rotatable bonds is 1. The van der Waals surface area contributed by atoms with E-state index in [0.717, 1.165) is 23.4 Å². The molecule has 1 N–H and O–H groups in total. The number of imidazole rings is 1. The summed E-state index contributed by atoms with van der Waals surface area (Å²) in [6, 6.07) is 0.0103. The molecule has 1 unspecified atom stereocenters. The van der Waals surface area contributed by atoms with Gasteiger partial charge in [0.05, 0.1) is 12.2 Å². The third-order valence-electron chi connectivity index (χ3n) is 2.53. The molecule has 0 saturated carbocycles. The van der Waals surface area contributed by atoms with E-state index in [2.05, 4.69) is 25.9 Å². The van der Waals surface area contributed by atoms with Crippen LogP contribution in [-0.2, 0) is 4.74 Å². The van der Waals surface area contributed by atoms with E-state index in [1.165, 1.54) is 0 Å². The highest BCUT2D eigenvalue weighted by atomic mass is 79.9. The SMILES string of the molecule is CC(C)(C)OC(=O)N1CCC1c1ncc(Br)[nH]1. The van der Waals surface area contributed by atoms with E-state index in [1.54, 1.807) is 11.1 Å². The monoisotopic (exact) mass is 301 g/mol. The molecule has 0 radical (unpaired) electrons. The summed E-state index contributed by atoms with van der Waals surface area (Å²) in [4.78, 5) is 20.9. The molecule has 1 aliphatic heterocycles. The number of ether oxygens (including phenoxy) is 1. The number of aromatic amines is 1. The number of hydrogen-bond acceptors (Lipinski definition) is 3. The van der Waals surface area contributed by atoms with E-state index in [-0.39, 0.29) is 12.1 Å². The summed E-state index contributed by atoms with van der Waals surface area (Å²) >= 11 is 3.31. The molecule has 0 aromatic carbocycles. The topological polar surface area (TPSA) is 58.2 Å². The second-order valence-electron chi connectivity index (χ2n) is 5.09. The molecular weight excluding hydrogens is 286 g/mol. The number of hydrogen-bond donors (Lipinski definition) is 1. The molecule has 6 heteroatoms. The van der Waals surface area contributed by atoms with Crippen LogP contribution in [0, 0.1) is 0 Å². The predicted octanol–water partition coefficient (Wildman–Crippen LogP) is 2.85. The first-order valence-corrected chi connectivity index (χ1v) is 6.36. The van der Waals surface area contributed by atoms with Crippen LogP contribution in [0.5, 0.6) is 0 Å². The van der Waals surface area contributed by atoms with Gasteiger partial charge in [0.25, 0.3) is 0 Å². The fourth-order valence-corrected chi connectivity index (χ4v) is 2.00. The van der Waals surface area contributed by atoms with Crippen molar-refractivity contribution in [2.24, 2.45) is 0 Å². The Morgan fingerprint density at radius 2 is 2.35 bits per heavy atom. The molecule has 1 saturated heterocycles. The van der Waals surface area contributed by atoms with Crippen molar-refractivity contribution < 1.29 is 9.53 Å². The minimum Gasteiger partial charge on any atom is -0.444 e. The Kier molecular flexibility index (Phi) is 3.16. The van der Waals surface area contributed by atoms with Crippen molar-refractivity contribution in [3.8, 4) is 0 Å². The molecular formula is C11H16BrN3O2. The molecule has 94 valence electrons. The molecule has 17 heavy (non-hydrogen) atoms. The largest absolute Gasteiger partial charge is 0.444 e. The number of H-pyrrole nitrogens is 1. The van der Waals surface area contributed by atoms with E-state index in [1.807, 2.05) is 20.8 Å². The Morgan fingerprint density at radius 1 is 1.65 bits per heavy atom. The van der Waals surface area contributed by atoms with Crippen LogP contribution < -0.4 is 0 Å². The van der Waals surface area contributed by atoms with E-state index in [4.69, 9.17) is 4.74 Å². The van der Waals surface area contributed by atoms with Crippen molar-refractivity contribution >= 4 is 22.0 Å². The van der Waals surface area contributed by atoms with Gasteiger partial charge in [-0.05, 0) is 43.1 Å². The van der Waals surface area contributed by atoms with Crippen LogP contribution in [0.1, 0.15) is 39.1 Å². The maximum Gasteiger partial charge on any atom is 0.410 e. The summed E-state index contributed by atoms with van der Waals surface area (Å²) in [6.45, 7) is 6.31. The summed E-state index contributed by atoms with van der Waals surface area (Å²) in [5.41, 5.74) is -0.457. The van der Waals surface area contributed by atoms with Crippen LogP contribution in [0.15, 0.2) is 10.8 Å². The van der Waals surface area contributed by atoms with Gasteiger partial charge in [0.15, 0.2) is 0 Å². The smallest absolute Gasteiger partial charge is 0.410 e. The van der Waals surface area contributed by atoms with Gasteiger partial charge >= 0.3 is 6.09 Å². The van der Waals surface area contributed by atoms with Gasteiger partial charge in [-0.1, -0.05) is 0 Å². The van der Waals surface area contributed by atoms with Crippen LogP contribution >= 0.6 is 15.9 Å².